The van der Waals surface area contributed by atoms with Gasteiger partial charge in [0, 0.05) is 19.3 Å². The van der Waals surface area contributed by atoms with Gasteiger partial charge in [-0.05, 0) is 12.3 Å². The molecule has 2 N–H and O–H groups in total. The quantitative estimate of drug-likeness (QED) is 0.675. The number of carbonyl (C=O) groups is 1. The van der Waals surface area contributed by atoms with Crippen molar-refractivity contribution in [3.63, 3.8) is 0 Å². The monoisotopic (exact) mass is 226 g/mol. The molecule has 16 heavy (non-hydrogen) atoms. The van der Waals surface area contributed by atoms with Gasteiger partial charge in [-0.1, -0.05) is 18.6 Å². The molecule has 0 fully saturated rings. The van der Waals surface area contributed by atoms with Gasteiger partial charge in [0.1, 0.15) is 6.54 Å². The van der Waals surface area contributed by atoms with E-state index in [0.29, 0.717) is 12.5 Å². The van der Waals surface area contributed by atoms with Crippen molar-refractivity contribution in [3.05, 3.63) is 12.4 Å². The summed E-state index contributed by atoms with van der Waals surface area (Å²) in [7, 11) is 0. The molecule has 1 aromatic rings. The maximum Gasteiger partial charge on any atom is 0.241 e. The molecule has 1 heterocycles. The number of aliphatic hydroxyl groups excluding tert-OH is 1. The molecule has 0 aromatic carbocycles. The van der Waals surface area contributed by atoms with Crippen LogP contribution >= 0.6 is 0 Å². The Labute approximate surface area is 94.7 Å². The Morgan fingerprint density at radius 3 is 3.00 bits per heavy atom. The second-order valence-corrected chi connectivity index (χ2v) is 3.69. The molecule has 0 aliphatic rings. The fourth-order valence-electron chi connectivity index (χ4n) is 1.41. The molecule has 1 rings (SSSR count). The van der Waals surface area contributed by atoms with Crippen molar-refractivity contribution < 1.29 is 9.90 Å². The van der Waals surface area contributed by atoms with Crippen molar-refractivity contribution in [1.82, 2.24) is 20.3 Å². The van der Waals surface area contributed by atoms with Crippen LogP contribution in [0.4, 0.5) is 0 Å². The van der Waals surface area contributed by atoms with Crippen LogP contribution in [0.3, 0.4) is 0 Å². The van der Waals surface area contributed by atoms with Crippen molar-refractivity contribution in [1.29, 1.82) is 0 Å². The number of hydrogen-bond acceptors (Lipinski definition) is 4. The summed E-state index contributed by atoms with van der Waals surface area (Å²) in [6.07, 6.45) is 4.85. The summed E-state index contributed by atoms with van der Waals surface area (Å²) >= 11 is 0. The van der Waals surface area contributed by atoms with Crippen molar-refractivity contribution in [2.75, 3.05) is 13.2 Å². The minimum Gasteiger partial charge on any atom is -0.396 e. The smallest absolute Gasteiger partial charge is 0.241 e. The van der Waals surface area contributed by atoms with E-state index in [4.69, 9.17) is 5.11 Å². The fraction of sp³-hybridized carbons (Fsp3) is 0.700. The van der Waals surface area contributed by atoms with Crippen molar-refractivity contribution in [2.45, 2.75) is 26.3 Å². The van der Waals surface area contributed by atoms with Gasteiger partial charge in [0.05, 0.1) is 6.20 Å². The summed E-state index contributed by atoms with van der Waals surface area (Å²) in [6.45, 7) is 3.00. The van der Waals surface area contributed by atoms with Gasteiger partial charge >= 0.3 is 0 Å². The molecule has 0 saturated carbocycles. The summed E-state index contributed by atoms with van der Waals surface area (Å²) in [5.74, 6) is 0.256. The lowest BCUT2D eigenvalue weighted by Gasteiger charge is -2.14. The zero-order valence-corrected chi connectivity index (χ0v) is 9.46. The predicted octanol–water partition coefficient (Wildman–Crippen LogP) is -0.197. The average molecular weight is 226 g/mol. The highest BCUT2D eigenvalue weighted by molar-refractivity contribution is 5.75. The van der Waals surface area contributed by atoms with Gasteiger partial charge in [-0.15, -0.1) is 5.10 Å². The van der Waals surface area contributed by atoms with Crippen LogP contribution in [0.25, 0.3) is 0 Å². The molecule has 0 bridgehead atoms. The maximum atomic E-state index is 11.5. The molecule has 1 unspecified atom stereocenters. The number of aromatic nitrogens is 3. The van der Waals surface area contributed by atoms with E-state index in [1.54, 1.807) is 6.20 Å². The molecular formula is C10H18N4O2. The van der Waals surface area contributed by atoms with E-state index < -0.39 is 0 Å². The van der Waals surface area contributed by atoms with Crippen LogP contribution < -0.4 is 5.32 Å². The molecule has 1 aromatic heterocycles. The highest BCUT2D eigenvalue weighted by atomic mass is 16.3. The largest absolute Gasteiger partial charge is 0.396 e. The zero-order valence-electron chi connectivity index (χ0n) is 9.46. The molecular weight excluding hydrogens is 208 g/mol. The van der Waals surface area contributed by atoms with Gasteiger partial charge in [0.15, 0.2) is 0 Å². The normalized spacial score (nSPS) is 12.4. The average Bonchev–Trinajstić information content (AvgIpc) is 2.76. The summed E-state index contributed by atoms with van der Waals surface area (Å²) in [6, 6.07) is 0. The maximum absolute atomic E-state index is 11.5. The summed E-state index contributed by atoms with van der Waals surface area (Å²) < 4.78 is 1.47. The molecule has 0 radical (unpaired) electrons. The Balaban J connectivity index is 2.24. The minimum atomic E-state index is -0.0816. The predicted molar refractivity (Wildman–Crippen MR) is 58.5 cm³/mol. The first-order valence-electron chi connectivity index (χ1n) is 5.48. The Bertz CT molecular complexity index is 300. The molecule has 1 amide bonds. The van der Waals surface area contributed by atoms with Crippen LogP contribution in [0, 0.1) is 5.92 Å². The topological polar surface area (TPSA) is 80.0 Å². The molecule has 0 spiro atoms. The first kappa shape index (κ1) is 12.6. The Kier molecular flexibility index (Phi) is 5.49. The third-order valence-electron chi connectivity index (χ3n) is 2.48. The van der Waals surface area contributed by atoms with Crippen LogP contribution in [0.2, 0.25) is 0 Å². The highest BCUT2D eigenvalue weighted by Crippen LogP contribution is 2.05. The number of rotatable bonds is 7. The second-order valence-electron chi connectivity index (χ2n) is 3.69. The molecule has 6 heteroatoms. The zero-order chi connectivity index (χ0) is 11.8. The SMILES string of the molecule is CCC(CCO)CNC(=O)Cn1ccnn1. The first-order valence-corrected chi connectivity index (χ1v) is 5.48. The minimum absolute atomic E-state index is 0.0816. The number of amides is 1. The highest BCUT2D eigenvalue weighted by Gasteiger charge is 2.08. The number of nitrogens with zero attached hydrogens (tertiary/aromatic N) is 3. The van der Waals surface area contributed by atoms with Crippen LogP contribution in [0.5, 0.6) is 0 Å². The van der Waals surface area contributed by atoms with Gasteiger partial charge in [-0.2, -0.15) is 0 Å². The first-order chi connectivity index (χ1) is 7.76. The number of aliphatic hydroxyl groups is 1. The van der Waals surface area contributed by atoms with Crippen LogP contribution in [-0.2, 0) is 11.3 Å². The van der Waals surface area contributed by atoms with Crippen molar-refractivity contribution in [3.8, 4) is 0 Å². The third kappa shape index (κ3) is 4.39. The van der Waals surface area contributed by atoms with E-state index in [2.05, 4.69) is 15.6 Å². The van der Waals surface area contributed by atoms with E-state index in [9.17, 15) is 4.79 Å². The van der Waals surface area contributed by atoms with E-state index >= 15 is 0 Å². The van der Waals surface area contributed by atoms with Crippen LogP contribution in [0.1, 0.15) is 19.8 Å². The Hall–Kier alpha value is -1.43. The van der Waals surface area contributed by atoms with Gasteiger partial charge in [-0.25, -0.2) is 4.68 Å². The third-order valence-corrected chi connectivity index (χ3v) is 2.48. The molecule has 1 atom stereocenters. The molecule has 0 saturated heterocycles. The standard InChI is InChI=1S/C10H18N4O2/c1-2-9(3-6-15)7-11-10(16)8-14-5-4-12-13-14/h4-5,9,15H,2-3,6-8H2,1H3,(H,11,16). The summed E-state index contributed by atoms with van der Waals surface area (Å²) in [5, 5.41) is 18.9. The van der Waals surface area contributed by atoms with E-state index in [1.165, 1.54) is 10.9 Å². The second kappa shape index (κ2) is 6.95. The lowest BCUT2D eigenvalue weighted by molar-refractivity contribution is -0.122. The lowest BCUT2D eigenvalue weighted by atomic mass is 10.0. The summed E-state index contributed by atoms with van der Waals surface area (Å²) in [4.78, 5) is 11.5. The van der Waals surface area contributed by atoms with E-state index in [1.807, 2.05) is 6.92 Å². The van der Waals surface area contributed by atoms with Gasteiger partial charge < -0.3 is 10.4 Å². The molecule has 90 valence electrons. The Morgan fingerprint density at radius 2 is 2.44 bits per heavy atom. The van der Waals surface area contributed by atoms with Crippen LogP contribution in [0.15, 0.2) is 12.4 Å². The molecule has 0 aliphatic heterocycles. The van der Waals surface area contributed by atoms with Gasteiger partial charge in [0.25, 0.3) is 0 Å². The Morgan fingerprint density at radius 1 is 1.62 bits per heavy atom. The number of hydrogen-bond donors (Lipinski definition) is 2. The van der Waals surface area contributed by atoms with Gasteiger partial charge in [-0.3, -0.25) is 4.79 Å². The fourth-order valence-corrected chi connectivity index (χ4v) is 1.41. The van der Waals surface area contributed by atoms with Gasteiger partial charge in [0.2, 0.25) is 5.91 Å². The van der Waals surface area contributed by atoms with E-state index in [0.717, 1.165) is 12.8 Å². The number of carbonyl (C=O) groups excluding carboxylic acids is 1. The van der Waals surface area contributed by atoms with Crippen molar-refractivity contribution in [2.24, 2.45) is 5.92 Å². The molecule has 0 aliphatic carbocycles. The lowest BCUT2D eigenvalue weighted by Crippen LogP contribution is -2.32. The van der Waals surface area contributed by atoms with Crippen LogP contribution in [-0.4, -0.2) is 39.2 Å². The summed E-state index contributed by atoms with van der Waals surface area (Å²) in [5.41, 5.74) is 0. The van der Waals surface area contributed by atoms with E-state index in [-0.39, 0.29) is 19.1 Å². The molecule has 6 nitrogen and oxygen atoms in total. The van der Waals surface area contributed by atoms with Crippen molar-refractivity contribution >= 4 is 5.91 Å². The number of nitrogens with one attached hydrogen (secondary N) is 1.